The van der Waals surface area contributed by atoms with E-state index < -0.39 is 0 Å². The summed E-state index contributed by atoms with van der Waals surface area (Å²) >= 11 is 0. The number of aliphatic hydroxyl groups is 1. The lowest BCUT2D eigenvalue weighted by atomic mass is 9.98. The summed E-state index contributed by atoms with van der Waals surface area (Å²) in [5, 5.41) is 12.7. The highest BCUT2D eigenvalue weighted by Gasteiger charge is 2.10. The Morgan fingerprint density at radius 1 is 1.13 bits per heavy atom. The molecule has 0 radical (unpaired) electrons. The third-order valence-corrected chi connectivity index (χ3v) is 3.90. The second kappa shape index (κ2) is 7.07. The fourth-order valence-corrected chi connectivity index (χ4v) is 2.69. The van der Waals surface area contributed by atoms with Crippen molar-refractivity contribution in [3.05, 3.63) is 78.0 Å². The number of nitrogens with one attached hydrogen (secondary N) is 1. The molecule has 2 aromatic rings. The smallest absolute Gasteiger partial charge is 0.126 e. The first-order valence-electron chi connectivity index (χ1n) is 7.73. The Bertz CT molecular complexity index is 788. The second-order valence-corrected chi connectivity index (χ2v) is 5.40. The first kappa shape index (κ1) is 15.3. The van der Waals surface area contributed by atoms with E-state index in [1.165, 1.54) is 5.57 Å². The molecule has 3 nitrogen and oxygen atoms in total. The fourth-order valence-electron chi connectivity index (χ4n) is 2.69. The van der Waals surface area contributed by atoms with Crippen molar-refractivity contribution >= 4 is 11.4 Å². The van der Waals surface area contributed by atoms with Crippen molar-refractivity contribution in [2.24, 2.45) is 0 Å². The van der Waals surface area contributed by atoms with Crippen molar-refractivity contribution in [1.29, 1.82) is 0 Å². The molecule has 0 saturated carbocycles. The van der Waals surface area contributed by atoms with Crippen LogP contribution in [0.25, 0.3) is 16.7 Å². The molecule has 3 heteroatoms. The van der Waals surface area contributed by atoms with Crippen LogP contribution in [0.5, 0.6) is 0 Å². The molecule has 0 unspecified atom stereocenters. The van der Waals surface area contributed by atoms with Gasteiger partial charge in [0.15, 0.2) is 0 Å². The van der Waals surface area contributed by atoms with Crippen LogP contribution in [0.3, 0.4) is 0 Å². The summed E-state index contributed by atoms with van der Waals surface area (Å²) in [4.78, 5) is 4.69. The summed E-state index contributed by atoms with van der Waals surface area (Å²) in [5.41, 5.74) is 5.14. The normalized spacial score (nSPS) is 13.6. The van der Waals surface area contributed by atoms with Gasteiger partial charge in [0.2, 0.25) is 0 Å². The van der Waals surface area contributed by atoms with Crippen LogP contribution in [0.1, 0.15) is 17.7 Å². The van der Waals surface area contributed by atoms with Gasteiger partial charge in [0.1, 0.15) is 5.82 Å². The minimum Gasteiger partial charge on any atom is -0.392 e. The van der Waals surface area contributed by atoms with Crippen LogP contribution in [0.4, 0.5) is 5.82 Å². The zero-order valence-corrected chi connectivity index (χ0v) is 13.2. The van der Waals surface area contributed by atoms with E-state index >= 15 is 0 Å². The van der Waals surface area contributed by atoms with Gasteiger partial charge in [0, 0.05) is 7.05 Å². The molecule has 0 bridgehead atoms. The van der Waals surface area contributed by atoms with Gasteiger partial charge in [-0.1, -0.05) is 54.6 Å². The number of aliphatic hydroxyl groups excluding tert-OH is 1. The summed E-state index contributed by atoms with van der Waals surface area (Å²) in [6, 6.07) is 12.0. The van der Waals surface area contributed by atoms with Crippen molar-refractivity contribution in [2.75, 3.05) is 12.4 Å². The maximum Gasteiger partial charge on any atom is 0.126 e. The van der Waals surface area contributed by atoms with Crippen LogP contribution in [0.15, 0.2) is 66.8 Å². The number of allylic oxidation sites excluding steroid dienone is 6. The van der Waals surface area contributed by atoms with Crippen LogP contribution in [-0.2, 0) is 6.61 Å². The average Bonchev–Trinajstić information content (AvgIpc) is 2.90. The summed E-state index contributed by atoms with van der Waals surface area (Å²) in [5.74, 6) is 0.823. The predicted molar refractivity (Wildman–Crippen MR) is 96.0 cm³/mol. The van der Waals surface area contributed by atoms with Gasteiger partial charge in [-0.2, -0.15) is 0 Å². The minimum absolute atomic E-state index is 0.0247. The highest BCUT2D eigenvalue weighted by atomic mass is 16.3. The molecule has 0 saturated heterocycles. The molecule has 1 aromatic carbocycles. The van der Waals surface area contributed by atoms with Gasteiger partial charge in [-0.15, -0.1) is 0 Å². The van der Waals surface area contributed by atoms with Gasteiger partial charge >= 0.3 is 0 Å². The maximum atomic E-state index is 9.60. The number of hydrogen-bond acceptors (Lipinski definition) is 3. The first-order valence-corrected chi connectivity index (χ1v) is 7.73. The lowest BCUT2D eigenvalue weighted by Gasteiger charge is -2.13. The van der Waals surface area contributed by atoms with E-state index in [9.17, 15) is 5.11 Å². The molecule has 0 amide bonds. The van der Waals surface area contributed by atoms with Crippen LogP contribution in [0, 0.1) is 0 Å². The van der Waals surface area contributed by atoms with Gasteiger partial charge in [0.25, 0.3) is 0 Å². The Morgan fingerprint density at radius 2 is 2.00 bits per heavy atom. The molecule has 0 aliphatic heterocycles. The number of hydrogen-bond donors (Lipinski definition) is 2. The summed E-state index contributed by atoms with van der Waals surface area (Å²) in [7, 11) is 1.87. The Morgan fingerprint density at radius 3 is 2.83 bits per heavy atom. The summed E-state index contributed by atoms with van der Waals surface area (Å²) in [6.07, 6.45) is 11.2. The monoisotopic (exact) mass is 304 g/mol. The topological polar surface area (TPSA) is 45.1 Å². The lowest BCUT2D eigenvalue weighted by molar-refractivity contribution is 0.282. The predicted octanol–water partition coefficient (Wildman–Crippen LogP) is 4.18. The zero-order valence-electron chi connectivity index (χ0n) is 13.2. The van der Waals surface area contributed by atoms with E-state index in [0.717, 1.165) is 34.6 Å². The SMILES string of the molecule is CNc1cc(-c2ccccc2CO)cc(C2=CC=CC=CC2)n1. The molecule has 1 heterocycles. The molecule has 23 heavy (non-hydrogen) atoms. The quantitative estimate of drug-likeness (QED) is 0.890. The van der Waals surface area contributed by atoms with Crippen molar-refractivity contribution in [3.8, 4) is 11.1 Å². The van der Waals surface area contributed by atoms with Crippen molar-refractivity contribution in [2.45, 2.75) is 13.0 Å². The number of pyridine rings is 1. The highest BCUT2D eigenvalue weighted by Crippen LogP contribution is 2.30. The molecule has 1 aliphatic rings. The van der Waals surface area contributed by atoms with Crippen LogP contribution in [0.2, 0.25) is 0 Å². The fraction of sp³-hybridized carbons (Fsp3) is 0.150. The van der Waals surface area contributed by atoms with E-state index in [0.29, 0.717) is 0 Å². The number of aromatic nitrogens is 1. The van der Waals surface area contributed by atoms with Crippen molar-refractivity contribution < 1.29 is 5.11 Å². The van der Waals surface area contributed by atoms with Crippen molar-refractivity contribution in [3.63, 3.8) is 0 Å². The lowest BCUT2D eigenvalue weighted by Crippen LogP contribution is -1.99. The number of nitrogens with zero attached hydrogens (tertiary/aromatic N) is 1. The molecule has 0 fully saturated rings. The zero-order chi connectivity index (χ0) is 16.1. The Labute approximate surface area is 136 Å². The molecule has 0 atom stereocenters. The van der Waals surface area contributed by atoms with Gasteiger partial charge < -0.3 is 10.4 Å². The third kappa shape index (κ3) is 3.41. The molecule has 1 aliphatic carbocycles. The minimum atomic E-state index is 0.0247. The van der Waals surface area contributed by atoms with E-state index in [4.69, 9.17) is 0 Å². The van der Waals surface area contributed by atoms with Gasteiger partial charge in [-0.05, 0) is 40.8 Å². The third-order valence-electron chi connectivity index (χ3n) is 3.90. The highest BCUT2D eigenvalue weighted by molar-refractivity contribution is 5.76. The summed E-state index contributed by atoms with van der Waals surface area (Å²) < 4.78 is 0. The van der Waals surface area contributed by atoms with Gasteiger partial charge in [-0.3, -0.25) is 0 Å². The molecule has 1 aromatic heterocycles. The molecule has 2 N–H and O–H groups in total. The second-order valence-electron chi connectivity index (χ2n) is 5.40. The maximum absolute atomic E-state index is 9.60. The molecule has 3 rings (SSSR count). The van der Waals surface area contributed by atoms with E-state index in [-0.39, 0.29) is 6.61 Å². The largest absolute Gasteiger partial charge is 0.392 e. The van der Waals surface area contributed by atoms with E-state index in [2.05, 4.69) is 28.5 Å². The first-order chi connectivity index (χ1) is 11.3. The Balaban J connectivity index is 2.11. The molecule has 0 spiro atoms. The Kier molecular flexibility index (Phi) is 4.69. The van der Waals surface area contributed by atoms with Crippen LogP contribution in [-0.4, -0.2) is 17.1 Å². The standard InChI is InChI=1S/C20H20N2O/c1-21-20-13-17(18-11-7-6-10-16(18)14-23)12-19(22-20)15-8-4-2-3-5-9-15/h2-8,10-13,23H,9,14H2,1H3,(H,21,22). The molecular formula is C20H20N2O. The van der Waals surface area contributed by atoms with Crippen LogP contribution < -0.4 is 5.32 Å². The summed E-state index contributed by atoms with van der Waals surface area (Å²) in [6.45, 7) is 0.0247. The molecular weight excluding hydrogens is 284 g/mol. The average molecular weight is 304 g/mol. The Hall–Kier alpha value is -2.65. The van der Waals surface area contributed by atoms with Gasteiger partial charge in [-0.25, -0.2) is 4.98 Å². The van der Waals surface area contributed by atoms with Gasteiger partial charge in [0.05, 0.1) is 12.3 Å². The molecule has 116 valence electrons. The van der Waals surface area contributed by atoms with E-state index in [1.54, 1.807) is 0 Å². The number of benzene rings is 1. The number of anilines is 1. The number of rotatable bonds is 4. The van der Waals surface area contributed by atoms with Crippen LogP contribution >= 0.6 is 0 Å². The van der Waals surface area contributed by atoms with E-state index in [1.807, 2.05) is 55.6 Å². The van der Waals surface area contributed by atoms with Crippen molar-refractivity contribution in [1.82, 2.24) is 4.98 Å².